The Morgan fingerprint density at radius 1 is 1.28 bits per heavy atom. The molecule has 0 saturated carbocycles. The largest absolute Gasteiger partial charge is 0.362 e. The summed E-state index contributed by atoms with van der Waals surface area (Å²) >= 11 is 5.35. The Morgan fingerprint density at radius 3 is 2.52 bits per heavy atom. The zero-order chi connectivity index (χ0) is 19.0. The van der Waals surface area contributed by atoms with Crippen LogP contribution >= 0.6 is 12.2 Å². The van der Waals surface area contributed by atoms with Gasteiger partial charge in [0.15, 0.2) is 5.11 Å². The van der Waals surface area contributed by atoms with Crippen LogP contribution in [0.4, 0.5) is 5.69 Å². The minimum Gasteiger partial charge on any atom is -0.362 e. The summed E-state index contributed by atoms with van der Waals surface area (Å²) in [6.45, 7) is 7.01. The molecule has 25 heavy (non-hydrogen) atoms. The van der Waals surface area contributed by atoms with Crippen molar-refractivity contribution in [2.24, 2.45) is 5.92 Å². The Morgan fingerprint density at radius 2 is 1.96 bits per heavy atom. The molecule has 1 atom stereocenters. The van der Waals surface area contributed by atoms with Gasteiger partial charge in [-0.05, 0) is 49.2 Å². The molecule has 0 heterocycles. The van der Waals surface area contributed by atoms with E-state index in [0.29, 0.717) is 27.2 Å². The second kappa shape index (κ2) is 10.1. The Hall–Kier alpha value is -1.18. The number of anilines is 1. The molecule has 5 nitrogen and oxygen atoms in total. The fourth-order valence-electron chi connectivity index (χ4n) is 2.51. The molecule has 1 rings (SSSR count). The molecule has 0 bridgehead atoms. The van der Waals surface area contributed by atoms with Crippen molar-refractivity contribution >= 4 is 33.0 Å². The molecule has 0 aliphatic rings. The maximum Gasteiger partial charge on any atom is 0.242 e. The molecule has 1 aromatic carbocycles. The van der Waals surface area contributed by atoms with E-state index >= 15 is 0 Å². The van der Waals surface area contributed by atoms with Gasteiger partial charge in [0.25, 0.3) is 0 Å². The lowest BCUT2D eigenvalue weighted by Gasteiger charge is -2.18. The molecule has 0 aliphatic heterocycles. The van der Waals surface area contributed by atoms with Gasteiger partial charge < -0.3 is 10.6 Å². The normalized spacial score (nSPS) is 12.9. The lowest BCUT2D eigenvalue weighted by Crippen LogP contribution is -2.33. The molecule has 0 aromatic heterocycles. The first-order valence-corrected chi connectivity index (χ1v) is 10.6. The van der Waals surface area contributed by atoms with Crippen molar-refractivity contribution in [2.75, 3.05) is 26.0 Å². The minimum absolute atomic E-state index is 0.291. The van der Waals surface area contributed by atoms with Crippen molar-refractivity contribution in [2.45, 2.75) is 51.3 Å². The van der Waals surface area contributed by atoms with Crippen molar-refractivity contribution < 1.29 is 8.42 Å². The van der Waals surface area contributed by atoms with Crippen LogP contribution in [-0.4, -0.2) is 38.5 Å². The first kappa shape index (κ1) is 21.9. The third-order valence-electron chi connectivity index (χ3n) is 4.30. The number of unbranched alkanes of at least 4 members (excludes halogenated alkanes) is 1. The van der Waals surface area contributed by atoms with Crippen LogP contribution in [0.2, 0.25) is 0 Å². The number of rotatable bonds is 9. The Labute approximate surface area is 158 Å². The Kier molecular flexibility index (Phi) is 8.82. The molecule has 0 unspecified atom stereocenters. The lowest BCUT2D eigenvalue weighted by atomic mass is 9.99. The van der Waals surface area contributed by atoms with Gasteiger partial charge in [-0.1, -0.05) is 39.2 Å². The van der Waals surface area contributed by atoms with E-state index in [1.807, 2.05) is 6.07 Å². The monoisotopic (exact) mass is 385 g/mol. The minimum atomic E-state index is -3.48. The topological polar surface area (TPSA) is 61.4 Å². The molecule has 0 amide bonds. The quantitative estimate of drug-likeness (QED) is 0.634. The molecule has 0 aliphatic carbocycles. The van der Waals surface area contributed by atoms with E-state index in [-0.39, 0.29) is 0 Å². The number of sulfonamides is 1. The van der Waals surface area contributed by atoms with Crippen molar-refractivity contribution in [3.8, 4) is 0 Å². The molecule has 0 radical (unpaired) electrons. The number of aryl methyl sites for hydroxylation is 1. The van der Waals surface area contributed by atoms with Gasteiger partial charge in [-0.3, -0.25) is 0 Å². The van der Waals surface area contributed by atoms with E-state index in [4.69, 9.17) is 12.2 Å². The standard InChI is InChI=1S/C18H31N3O2S2/c1-6-8-9-15(7-2)13-19-18(24)20-16-11-10-14(3)17(12-16)25(22,23)21(4)5/h10-12,15H,6-9,13H2,1-5H3,(H2,19,20,24)/t15-/m0/s1. The highest BCUT2D eigenvalue weighted by Crippen LogP contribution is 2.22. The van der Waals surface area contributed by atoms with Crippen LogP contribution in [0, 0.1) is 12.8 Å². The second-order valence-electron chi connectivity index (χ2n) is 6.52. The molecule has 2 N–H and O–H groups in total. The molecule has 142 valence electrons. The van der Waals surface area contributed by atoms with E-state index in [2.05, 4.69) is 24.5 Å². The van der Waals surface area contributed by atoms with Gasteiger partial charge in [-0.15, -0.1) is 0 Å². The Balaban J connectivity index is 2.75. The molecular weight excluding hydrogens is 354 g/mol. The van der Waals surface area contributed by atoms with Crippen LogP contribution < -0.4 is 10.6 Å². The highest BCUT2D eigenvalue weighted by Gasteiger charge is 2.20. The number of hydrogen-bond donors (Lipinski definition) is 2. The smallest absolute Gasteiger partial charge is 0.242 e. The van der Waals surface area contributed by atoms with Crippen LogP contribution in [0.1, 0.15) is 45.1 Å². The highest BCUT2D eigenvalue weighted by molar-refractivity contribution is 7.89. The van der Waals surface area contributed by atoms with E-state index in [1.54, 1.807) is 19.1 Å². The van der Waals surface area contributed by atoms with Crippen LogP contribution in [0.15, 0.2) is 23.1 Å². The summed E-state index contributed by atoms with van der Waals surface area (Å²) in [5, 5.41) is 6.86. The number of hydrogen-bond acceptors (Lipinski definition) is 3. The summed E-state index contributed by atoms with van der Waals surface area (Å²) in [6.07, 6.45) is 4.74. The summed E-state index contributed by atoms with van der Waals surface area (Å²) < 4.78 is 26.0. The summed E-state index contributed by atoms with van der Waals surface area (Å²) in [5.41, 5.74) is 1.38. The highest BCUT2D eigenvalue weighted by atomic mass is 32.2. The summed E-state index contributed by atoms with van der Waals surface area (Å²) in [4.78, 5) is 0.291. The first-order chi connectivity index (χ1) is 11.7. The zero-order valence-electron chi connectivity index (χ0n) is 15.9. The van der Waals surface area contributed by atoms with Gasteiger partial charge in [0.2, 0.25) is 10.0 Å². The molecular formula is C18H31N3O2S2. The van der Waals surface area contributed by atoms with E-state index in [9.17, 15) is 8.42 Å². The second-order valence-corrected chi connectivity index (χ2v) is 9.05. The average molecular weight is 386 g/mol. The lowest BCUT2D eigenvalue weighted by molar-refractivity contribution is 0.446. The molecule has 0 fully saturated rings. The van der Waals surface area contributed by atoms with Gasteiger partial charge in [0, 0.05) is 26.3 Å². The number of nitrogens with one attached hydrogen (secondary N) is 2. The van der Waals surface area contributed by atoms with Crippen LogP contribution in [-0.2, 0) is 10.0 Å². The first-order valence-electron chi connectivity index (χ1n) is 8.80. The van der Waals surface area contributed by atoms with Crippen molar-refractivity contribution in [1.82, 2.24) is 9.62 Å². The van der Waals surface area contributed by atoms with Crippen LogP contribution in [0.3, 0.4) is 0 Å². The SMILES string of the molecule is CCCC[C@H](CC)CNC(=S)Nc1ccc(C)c(S(=O)(=O)N(C)C)c1. The summed E-state index contributed by atoms with van der Waals surface area (Å²) in [6, 6.07) is 5.26. The summed E-state index contributed by atoms with van der Waals surface area (Å²) in [5.74, 6) is 0.599. The van der Waals surface area contributed by atoms with E-state index in [1.165, 1.54) is 37.7 Å². The van der Waals surface area contributed by atoms with Crippen molar-refractivity contribution in [3.05, 3.63) is 23.8 Å². The number of nitrogens with zero attached hydrogens (tertiary/aromatic N) is 1. The van der Waals surface area contributed by atoms with Crippen molar-refractivity contribution in [1.29, 1.82) is 0 Å². The third-order valence-corrected chi connectivity index (χ3v) is 6.50. The van der Waals surface area contributed by atoms with Gasteiger partial charge in [-0.2, -0.15) is 0 Å². The van der Waals surface area contributed by atoms with E-state index < -0.39 is 10.0 Å². The maximum absolute atomic E-state index is 12.4. The average Bonchev–Trinajstić information content (AvgIpc) is 2.56. The third kappa shape index (κ3) is 6.56. The molecule has 7 heteroatoms. The summed E-state index contributed by atoms with van der Waals surface area (Å²) in [7, 11) is -0.416. The van der Waals surface area contributed by atoms with Gasteiger partial charge in [0.1, 0.15) is 0 Å². The zero-order valence-corrected chi connectivity index (χ0v) is 17.6. The van der Waals surface area contributed by atoms with Crippen molar-refractivity contribution in [3.63, 3.8) is 0 Å². The number of thiocarbonyl (C=S) groups is 1. The fourth-order valence-corrected chi connectivity index (χ4v) is 3.85. The molecule has 1 aromatic rings. The van der Waals surface area contributed by atoms with Crippen LogP contribution in [0.5, 0.6) is 0 Å². The van der Waals surface area contributed by atoms with Gasteiger partial charge in [-0.25, -0.2) is 12.7 Å². The fraction of sp³-hybridized carbons (Fsp3) is 0.611. The molecule has 0 spiro atoms. The predicted molar refractivity (Wildman–Crippen MR) is 110 cm³/mol. The van der Waals surface area contributed by atoms with Gasteiger partial charge in [0.05, 0.1) is 4.90 Å². The van der Waals surface area contributed by atoms with E-state index in [0.717, 1.165) is 13.0 Å². The predicted octanol–water partition coefficient (Wildman–Crippen LogP) is 3.75. The maximum atomic E-state index is 12.4. The number of benzene rings is 1. The molecule has 0 saturated heterocycles. The Bertz CT molecular complexity index is 673. The van der Waals surface area contributed by atoms with Gasteiger partial charge >= 0.3 is 0 Å². The van der Waals surface area contributed by atoms with Crippen LogP contribution in [0.25, 0.3) is 0 Å².